The number of alkyl halides is 3. The van der Waals surface area contributed by atoms with Gasteiger partial charge in [-0.25, -0.2) is 0 Å². The molecule has 1 atom stereocenters. The molecule has 20 heavy (non-hydrogen) atoms. The minimum atomic E-state index is -2.79. The summed E-state index contributed by atoms with van der Waals surface area (Å²) in [6.45, 7) is 1.30. The summed E-state index contributed by atoms with van der Waals surface area (Å²) in [5.74, 6) is 0.171. The minimum Gasteiger partial charge on any atom is -0.435 e. The van der Waals surface area contributed by atoms with Gasteiger partial charge in [-0.3, -0.25) is 0 Å². The lowest BCUT2D eigenvalue weighted by molar-refractivity contribution is -0.0498. The van der Waals surface area contributed by atoms with Crippen LogP contribution < -0.4 is 4.74 Å². The maximum absolute atomic E-state index is 12.1. The fourth-order valence-electron chi connectivity index (χ4n) is 2.03. The number of aryl methyl sites for hydroxylation is 2. The molecule has 0 fully saturated rings. The number of rotatable bonds is 4. The number of hydrogen-bond donors (Lipinski definition) is 0. The van der Waals surface area contributed by atoms with Crippen LogP contribution in [0.15, 0.2) is 42.5 Å². The van der Waals surface area contributed by atoms with Crippen LogP contribution in [0.1, 0.15) is 27.1 Å². The second kappa shape index (κ2) is 6.35. The van der Waals surface area contributed by atoms with Gasteiger partial charge < -0.3 is 4.74 Å². The molecule has 0 aliphatic rings. The van der Waals surface area contributed by atoms with Crippen molar-refractivity contribution < 1.29 is 13.5 Å². The fourth-order valence-corrected chi connectivity index (χ4v) is 2.83. The van der Waals surface area contributed by atoms with Crippen molar-refractivity contribution in [1.29, 1.82) is 0 Å². The molecule has 1 unspecified atom stereocenters. The van der Waals surface area contributed by atoms with Gasteiger partial charge in [0.25, 0.3) is 0 Å². The average Bonchev–Trinajstić information content (AvgIpc) is 2.41. The predicted molar refractivity (Wildman–Crippen MR) is 79.8 cm³/mol. The van der Waals surface area contributed by atoms with Crippen LogP contribution in [0, 0.1) is 13.8 Å². The van der Waals surface area contributed by atoms with Crippen molar-refractivity contribution >= 4 is 15.9 Å². The summed E-state index contributed by atoms with van der Waals surface area (Å²) < 4.78 is 28.6. The highest BCUT2D eigenvalue weighted by Gasteiger charge is 2.13. The van der Waals surface area contributed by atoms with E-state index in [1.807, 2.05) is 6.92 Å². The molecule has 2 aromatic rings. The first-order chi connectivity index (χ1) is 9.47. The molecule has 0 N–H and O–H groups in total. The molecule has 106 valence electrons. The number of halogens is 3. The zero-order valence-electron chi connectivity index (χ0n) is 11.2. The van der Waals surface area contributed by atoms with Crippen LogP contribution >= 0.6 is 15.9 Å². The SMILES string of the molecule is Cc1ccc(C)c(C(Br)c2ccc(OC(F)F)cc2)c1. The van der Waals surface area contributed by atoms with Gasteiger partial charge >= 0.3 is 6.61 Å². The molecule has 0 aliphatic carbocycles. The lowest BCUT2D eigenvalue weighted by atomic mass is 9.98. The van der Waals surface area contributed by atoms with E-state index in [1.165, 1.54) is 16.7 Å². The Morgan fingerprint density at radius 2 is 1.65 bits per heavy atom. The summed E-state index contributed by atoms with van der Waals surface area (Å²) in [5, 5.41) is 0. The van der Waals surface area contributed by atoms with Crippen LogP contribution in [0.3, 0.4) is 0 Å². The van der Waals surface area contributed by atoms with Crippen molar-refractivity contribution in [1.82, 2.24) is 0 Å². The normalized spacial score (nSPS) is 12.5. The third kappa shape index (κ3) is 3.57. The van der Waals surface area contributed by atoms with Gasteiger partial charge in [-0.1, -0.05) is 51.8 Å². The Bertz CT molecular complexity index is 582. The first kappa shape index (κ1) is 15.0. The first-order valence-corrected chi connectivity index (χ1v) is 7.15. The molecule has 2 rings (SSSR count). The Labute approximate surface area is 125 Å². The zero-order valence-corrected chi connectivity index (χ0v) is 12.8. The van der Waals surface area contributed by atoms with Gasteiger partial charge in [0.2, 0.25) is 0 Å². The number of benzene rings is 2. The first-order valence-electron chi connectivity index (χ1n) is 6.23. The molecular formula is C16H15BrF2O. The molecule has 0 heterocycles. The third-order valence-corrected chi connectivity index (χ3v) is 4.13. The predicted octanol–water partition coefficient (Wildman–Crippen LogP) is 5.39. The Kier molecular flexibility index (Phi) is 4.76. The van der Waals surface area contributed by atoms with Crippen molar-refractivity contribution in [3.8, 4) is 5.75 Å². The van der Waals surface area contributed by atoms with Crippen molar-refractivity contribution in [3.63, 3.8) is 0 Å². The molecule has 0 saturated carbocycles. The Hall–Kier alpha value is -1.42. The van der Waals surface area contributed by atoms with E-state index in [4.69, 9.17) is 0 Å². The van der Waals surface area contributed by atoms with Crippen LogP contribution in [0.25, 0.3) is 0 Å². The summed E-state index contributed by atoms with van der Waals surface area (Å²) in [7, 11) is 0. The van der Waals surface area contributed by atoms with Crippen LogP contribution in [-0.4, -0.2) is 6.61 Å². The summed E-state index contributed by atoms with van der Waals surface area (Å²) in [5.41, 5.74) is 4.55. The highest BCUT2D eigenvalue weighted by molar-refractivity contribution is 9.09. The van der Waals surface area contributed by atoms with Gasteiger partial charge in [0.05, 0.1) is 4.83 Å². The quantitative estimate of drug-likeness (QED) is 0.678. The molecule has 1 nitrogen and oxygen atoms in total. The average molecular weight is 341 g/mol. The van der Waals surface area contributed by atoms with Crippen molar-refractivity contribution in [2.24, 2.45) is 0 Å². The largest absolute Gasteiger partial charge is 0.435 e. The van der Waals surface area contributed by atoms with E-state index in [0.29, 0.717) is 0 Å². The van der Waals surface area contributed by atoms with E-state index in [-0.39, 0.29) is 10.6 Å². The van der Waals surface area contributed by atoms with Crippen molar-refractivity contribution in [3.05, 3.63) is 64.7 Å². The fraction of sp³-hybridized carbons (Fsp3) is 0.250. The van der Waals surface area contributed by atoms with E-state index in [1.54, 1.807) is 24.3 Å². The maximum Gasteiger partial charge on any atom is 0.387 e. The summed E-state index contributed by atoms with van der Waals surface area (Å²) in [6, 6.07) is 13.0. The van der Waals surface area contributed by atoms with E-state index >= 15 is 0 Å². The number of hydrogen-bond acceptors (Lipinski definition) is 1. The van der Waals surface area contributed by atoms with Crippen LogP contribution in [0.2, 0.25) is 0 Å². The van der Waals surface area contributed by atoms with E-state index < -0.39 is 6.61 Å². The van der Waals surface area contributed by atoms with Gasteiger partial charge in [0.15, 0.2) is 0 Å². The second-order valence-electron chi connectivity index (χ2n) is 4.67. The van der Waals surface area contributed by atoms with Crippen molar-refractivity contribution in [2.75, 3.05) is 0 Å². The van der Waals surface area contributed by atoms with E-state index in [9.17, 15) is 8.78 Å². The molecule has 0 radical (unpaired) electrons. The standard InChI is InChI=1S/C16H15BrF2O/c1-10-3-4-11(2)14(9-10)15(17)12-5-7-13(8-6-12)20-16(18)19/h3-9,15-16H,1-2H3. The number of ether oxygens (including phenoxy) is 1. The van der Waals surface area contributed by atoms with Crippen LogP contribution in [0.4, 0.5) is 8.78 Å². The minimum absolute atomic E-state index is 0.0306. The Morgan fingerprint density at radius 3 is 2.25 bits per heavy atom. The lowest BCUT2D eigenvalue weighted by Crippen LogP contribution is -2.02. The smallest absolute Gasteiger partial charge is 0.387 e. The molecular weight excluding hydrogens is 326 g/mol. The molecule has 0 aliphatic heterocycles. The van der Waals surface area contributed by atoms with Gasteiger partial charge in [-0.05, 0) is 42.7 Å². The van der Waals surface area contributed by atoms with Gasteiger partial charge in [0.1, 0.15) is 5.75 Å². The van der Waals surface area contributed by atoms with Gasteiger partial charge in [-0.15, -0.1) is 0 Å². The zero-order chi connectivity index (χ0) is 14.7. The second-order valence-corrected chi connectivity index (χ2v) is 5.59. The molecule has 2 aromatic carbocycles. The van der Waals surface area contributed by atoms with Gasteiger partial charge in [0, 0.05) is 0 Å². The molecule has 0 spiro atoms. The summed E-state index contributed by atoms with van der Waals surface area (Å²) in [6.07, 6.45) is 0. The Balaban J connectivity index is 2.24. The molecule has 0 aromatic heterocycles. The molecule has 0 saturated heterocycles. The van der Waals surface area contributed by atoms with E-state index in [0.717, 1.165) is 5.56 Å². The topological polar surface area (TPSA) is 9.23 Å². The highest BCUT2D eigenvalue weighted by atomic mass is 79.9. The highest BCUT2D eigenvalue weighted by Crippen LogP contribution is 2.34. The molecule has 0 bridgehead atoms. The molecule has 0 amide bonds. The monoisotopic (exact) mass is 340 g/mol. The molecule has 4 heteroatoms. The van der Waals surface area contributed by atoms with Gasteiger partial charge in [-0.2, -0.15) is 8.78 Å². The Morgan fingerprint density at radius 1 is 1.00 bits per heavy atom. The van der Waals surface area contributed by atoms with Crippen LogP contribution in [0.5, 0.6) is 5.75 Å². The van der Waals surface area contributed by atoms with Crippen LogP contribution in [-0.2, 0) is 0 Å². The van der Waals surface area contributed by atoms with Crippen molar-refractivity contribution in [2.45, 2.75) is 25.3 Å². The third-order valence-electron chi connectivity index (χ3n) is 3.11. The summed E-state index contributed by atoms with van der Waals surface area (Å²) >= 11 is 3.67. The lowest BCUT2D eigenvalue weighted by Gasteiger charge is -2.15. The maximum atomic E-state index is 12.1. The summed E-state index contributed by atoms with van der Waals surface area (Å²) in [4.78, 5) is 0.0306. The van der Waals surface area contributed by atoms with E-state index in [2.05, 4.69) is 45.8 Å².